The van der Waals surface area contributed by atoms with Crippen molar-refractivity contribution in [2.75, 3.05) is 5.32 Å². The maximum atomic E-state index is 13.4. The number of pyridine rings is 1. The fourth-order valence-electron chi connectivity index (χ4n) is 3.73. The molecule has 8 heteroatoms. The van der Waals surface area contributed by atoms with E-state index < -0.39 is 17.6 Å². The molecule has 1 aromatic heterocycles. The summed E-state index contributed by atoms with van der Waals surface area (Å²) in [7, 11) is 0. The van der Waals surface area contributed by atoms with Crippen LogP contribution in [0.25, 0.3) is 22.2 Å². The third-order valence-electron chi connectivity index (χ3n) is 5.18. The number of anilines is 1. The number of nitrogens with zero attached hydrogens (tertiary/aromatic N) is 1. The number of alkyl halides is 3. The van der Waals surface area contributed by atoms with Crippen LogP contribution in [0.1, 0.15) is 27.0 Å². The predicted octanol–water partition coefficient (Wildman–Crippen LogP) is 8.10. The lowest BCUT2D eigenvalue weighted by atomic mass is 9.99. The first-order valence-corrected chi connectivity index (χ1v) is 10.6. The fourth-order valence-corrected chi connectivity index (χ4v) is 4.24. The van der Waals surface area contributed by atoms with Crippen LogP contribution in [0, 0.1) is 13.8 Å². The number of halogens is 5. The third kappa shape index (κ3) is 4.68. The number of nitrogens with one attached hydrogen (secondary N) is 1. The molecule has 3 nitrogen and oxygen atoms in total. The topological polar surface area (TPSA) is 42.0 Å². The van der Waals surface area contributed by atoms with Gasteiger partial charge in [0.05, 0.1) is 33.0 Å². The molecule has 4 rings (SSSR count). The zero-order valence-electron chi connectivity index (χ0n) is 17.5. The number of aryl methyl sites for hydroxylation is 2. The van der Waals surface area contributed by atoms with E-state index in [4.69, 9.17) is 28.2 Å². The van der Waals surface area contributed by atoms with E-state index in [0.29, 0.717) is 32.2 Å². The standard InChI is InChI=1S/C25H17Cl2F3N2O/c1-13-9-14(2)23-17(10-13)18(12-22(31-23)16-8-7-15(26)11-20(16)27)24(33)32-21-6-4-3-5-19(21)25(28,29)30/h3-12H,1-2H3,(H,32,33). The Balaban J connectivity index is 1.90. The number of hydrogen-bond acceptors (Lipinski definition) is 2. The molecule has 1 heterocycles. The lowest BCUT2D eigenvalue weighted by molar-refractivity contribution is -0.136. The van der Waals surface area contributed by atoms with Crippen molar-refractivity contribution in [1.29, 1.82) is 0 Å². The van der Waals surface area contributed by atoms with Crippen LogP contribution in [0.4, 0.5) is 18.9 Å². The molecule has 0 unspecified atom stereocenters. The Kier molecular flexibility index (Phi) is 6.08. The molecule has 0 bridgehead atoms. The minimum absolute atomic E-state index is 0.185. The highest BCUT2D eigenvalue weighted by molar-refractivity contribution is 6.36. The largest absolute Gasteiger partial charge is 0.418 e. The highest BCUT2D eigenvalue weighted by Gasteiger charge is 2.33. The molecule has 0 aliphatic rings. The molecule has 0 aliphatic heterocycles. The highest BCUT2D eigenvalue weighted by atomic mass is 35.5. The molecule has 33 heavy (non-hydrogen) atoms. The van der Waals surface area contributed by atoms with E-state index in [1.54, 1.807) is 24.3 Å². The van der Waals surface area contributed by atoms with Gasteiger partial charge in [-0.1, -0.05) is 47.0 Å². The summed E-state index contributed by atoms with van der Waals surface area (Å²) >= 11 is 12.4. The molecule has 168 valence electrons. The maximum absolute atomic E-state index is 13.4. The van der Waals surface area contributed by atoms with Crippen molar-refractivity contribution in [3.8, 4) is 11.3 Å². The van der Waals surface area contributed by atoms with Gasteiger partial charge in [0.25, 0.3) is 5.91 Å². The Hall–Kier alpha value is -3.09. The van der Waals surface area contributed by atoms with Crippen LogP contribution in [-0.2, 0) is 6.18 Å². The summed E-state index contributed by atoms with van der Waals surface area (Å²) in [5.41, 5.74) is 2.16. The number of para-hydroxylation sites is 1. The van der Waals surface area contributed by atoms with Crippen LogP contribution in [0.15, 0.2) is 60.7 Å². The van der Waals surface area contributed by atoms with E-state index in [2.05, 4.69) is 5.32 Å². The Labute approximate surface area is 198 Å². The minimum Gasteiger partial charge on any atom is -0.321 e. The number of aromatic nitrogens is 1. The normalized spacial score (nSPS) is 11.6. The summed E-state index contributed by atoms with van der Waals surface area (Å²) in [6.45, 7) is 3.73. The van der Waals surface area contributed by atoms with Crippen molar-refractivity contribution in [3.05, 3.63) is 93.0 Å². The summed E-state index contributed by atoms with van der Waals surface area (Å²) in [6.07, 6.45) is -4.61. The first kappa shape index (κ1) is 23.1. The molecule has 1 N–H and O–H groups in total. The minimum atomic E-state index is -4.61. The van der Waals surface area contributed by atoms with Crippen LogP contribution >= 0.6 is 23.2 Å². The van der Waals surface area contributed by atoms with Gasteiger partial charge in [0.1, 0.15) is 0 Å². The van der Waals surface area contributed by atoms with E-state index in [0.717, 1.165) is 17.2 Å². The van der Waals surface area contributed by atoms with Crippen molar-refractivity contribution < 1.29 is 18.0 Å². The van der Waals surface area contributed by atoms with Crippen molar-refractivity contribution in [2.24, 2.45) is 0 Å². The number of rotatable bonds is 3. The smallest absolute Gasteiger partial charge is 0.321 e. The molecule has 0 spiro atoms. The molecule has 0 atom stereocenters. The molecule has 0 aliphatic carbocycles. The SMILES string of the molecule is Cc1cc(C)c2nc(-c3ccc(Cl)cc3Cl)cc(C(=O)Nc3ccccc3C(F)(F)F)c2c1. The van der Waals surface area contributed by atoms with E-state index in [1.165, 1.54) is 24.3 Å². The second-order valence-electron chi connectivity index (χ2n) is 7.65. The number of carbonyl (C=O) groups excluding carboxylic acids is 1. The van der Waals surface area contributed by atoms with Gasteiger partial charge in [-0.3, -0.25) is 4.79 Å². The number of carbonyl (C=O) groups is 1. The molecule has 0 fully saturated rings. The fraction of sp³-hybridized carbons (Fsp3) is 0.120. The van der Waals surface area contributed by atoms with Crippen molar-refractivity contribution >= 4 is 45.7 Å². The first-order chi connectivity index (χ1) is 15.5. The maximum Gasteiger partial charge on any atom is 0.418 e. The molecular weight excluding hydrogens is 472 g/mol. The van der Waals surface area contributed by atoms with Gasteiger partial charge in [0, 0.05) is 16.0 Å². The Morgan fingerprint density at radius 1 is 0.970 bits per heavy atom. The molecule has 0 saturated heterocycles. The van der Waals surface area contributed by atoms with Gasteiger partial charge in [-0.2, -0.15) is 13.2 Å². The molecular formula is C25H17Cl2F3N2O. The van der Waals surface area contributed by atoms with Gasteiger partial charge in [-0.15, -0.1) is 0 Å². The summed E-state index contributed by atoms with van der Waals surface area (Å²) in [6, 6.07) is 15.0. The number of fused-ring (bicyclic) bond motifs is 1. The Morgan fingerprint density at radius 3 is 2.39 bits per heavy atom. The molecule has 0 radical (unpaired) electrons. The predicted molar refractivity (Wildman–Crippen MR) is 126 cm³/mol. The van der Waals surface area contributed by atoms with Crippen LogP contribution in [0.3, 0.4) is 0 Å². The van der Waals surface area contributed by atoms with Gasteiger partial charge in [0.2, 0.25) is 0 Å². The van der Waals surface area contributed by atoms with Crippen molar-refractivity contribution in [1.82, 2.24) is 4.98 Å². The van der Waals surface area contributed by atoms with Gasteiger partial charge in [0.15, 0.2) is 0 Å². The highest BCUT2D eigenvalue weighted by Crippen LogP contribution is 2.36. The lowest BCUT2D eigenvalue weighted by Crippen LogP contribution is -2.17. The molecule has 1 amide bonds. The van der Waals surface area contributed by atoms with Crippen molar-refractivity contribution in [3.63, 3.8) is 0 Å². The number of benzene rings is 3. The van der Waals surface area contributed by atoms with E-state index in [9.17, 15) is 18.0 Å². The number of amides is 1. The average Bonchev–Trinajstić information content (AvgIpc) is 2.73. The van der Waals surface area contributed by atoms with Gasteiger partial charge < -0.3 is 5.32 Å². The van der Waals surface area contributed by atoms with Crippen LogP contribution in [0.5, 0.6) is 0 Å². The van der Waals surface area contributed by atoms with Crippen LogP contribution < -0.4 is 5.32 Å². The molecule has 3 aromatic carbocycles. The van der Waals surface area contributed by atoms with Crippen LogP contribution in [-0.4, -0.2) is 10.9 Å². The van der Waals surface area contributed by atoms with E-state index >= 15 is 0 Å². The molecule has 0 saturated carbocycles. The van der Waals surface area contributed by atoms with Crippen molar-refractivity contribution in [2.45, 2.75) is 20.0 Å². The molecule has 4 aromatic rings. The van der Waals surface area contributed by atoms with Gasteiger partial charge in [-0.25, -0.2) is 4.98 Å². The zero-order chi connectivity index (χ0) is 23.9. The Bertz CT molecular complexity index is 1400. The van der Waals surface area contributed by atoms with E-state index in [1.807, 2.05) is 19.9 Å². The monoisotopic (exact) mass is 488 g/mol. The summed E-state index contributed by atoms with van der Waals surface area (Å²) in [5, 5.41) is 3.74. The summed E-state index contributed by atoms with van der Waals surface area (Å²) in [4.78, 5) is 18.0. The van der Waals surface area contributed by atoms with Gasteiger partial charge in [-0.05, 0) is 61.9 Å². The van der Waals surface area contributed by atoms with Gasteiger partial charge >= 0.3 is 6.18 Å². The quantitative estimate of drug-likeness (QED) is 0.316. The first-order valence-electron chi connectivity index (χ1n) is 9.89. The lowest BCUT2D eigenvalue weighted by Gasteiger charge is -2.16. The Morgan fingerprint density at radius 2 is 1.70 bits per heavy atom. The van der Waals surface area contributed by atoms with E-state index in [-0.39, 0.29) is 11.3 Å². The second kappa shape index (κ2) is 8.69. The third-order valence-corrected chi connectivity index (χ3v) is 5.73. The second-order valence-corrected chi connectivity index (χ2v) is 8.50. The summed E-state index contributed by atoms with van der Waals surface area (Å²) < 4.78 is 40.3. The van der Waals surface area contributed by atoms with Crippen LogP contribution in [0.2, 0.25) is 10.0 Å². The summed E-state index contributed by atoms with van der Waals surface area (Å²) in [5.74, 6) is -0.685. The number of hydrogen-bond donors (Lipinski definition) is 1. The zero-order valence-corrected chi connectivity index (χ0v) is 19.0. The average molecular weight is 489 g/mol.